The number of nitrogens with zero attached hydrogens (tertiary/aromatic N) is 1. The summed E-state index contributed by atoms with van der Waals surface area (Å²) in [5.74, 6) is -1.38. The molecule has 6 nitrogen and oxygen atoms in total. The predicted molar refractivity (Wildman–Crippen MR) is 115 cm³/mol. The number of rotatable bonds is 6. The summed E-state index contributed by atoms with van der Waals surface area (Å²) in [5, 5.41) is 13.4. The number of ether oxygens (including phenoxy) is 1. The lowest BCUT2D eigenvalue weighted by Crippen LogP contribution is -2.41. The molecule has 4 rings (SSSR count). The van der Waals surface area contributed by atoms with Gasteiger partial charge in [0.2, 0.25) is 0 Å². The Morgan fingerprint density at radius 1 is 1.23 bits per heavy atom. The molecule has 1 heterocycles. The third kappa shape index (κ3) is 4.48. The highest BCUT2D eigenvalue weighted by atomic mass is 35.5. The number of para-hydroxylation sites is 1. The molecule has 1 aliphatic carbocycles. The average molecular weight is 465 g/mol. The van der Waals surface area contributed by atoms with E-state index in [0.717, 1.165) is 11.3 Å². The summed E-state index contributed by atoms with van der Waals surface area (Å²) in [6.45, 7) is -0.450. The second-order valence-corrected chi connectivity index (χ2v) is 8.23. The average Bonchev–Trinajstić information content (AvgIpc) is 3.00. The quantitative estimate of drug-likeness (QED) is 0.571. The van der Waals surface area contributed by atoms with Crippen LogP contribution in [0.1, 0.15) is 17.7 Å². The van der Waals surface area contributed by atoms with Crippen molar-refractivity contribution in [3.63, 3.8) is 0 Å². The highest BCUT2D eigenvalue weighted by Gasteiger charge is 2.28. The fourth-order valence-electron chi connectivity index (χ4n) is 4.10. The van der Waals surface area contributed by atoms with Gasteiger partial charge in [0.25, 0.3) is 5.91 Å². The van der Waals surface area contributed by atoms with Crippen LogP contribution in [-0.4, -0.2) is 34.2 Å². The summed E-state index contributed by atoms with van der Waals surface area (Å²) < 4.78 is 21.1. The number of carboxylic acids is 1. The Balaban J connectivity index is 1.53. The Hall–Kier alpha value is -2.77. The Bertz CT molecular complexity index is 1180. The van der Waals surface area contributed by atoms with Gasteiger partial charge < -0.3 is 19.7 Å². The van der Waals surface area contributed by atoms with Gasteiger partial charge in [-0.15, -0.1) is 0 Å². The predicted octanol–water partition coefficient (Wildman–Crippen LogP) is 4.22. The van der Waals surface area contributed by atoms with Gasteiger partial charge in [0.1, 0.15) is 18.1 Å². The molecule has 31 heavy (non-hydrogen) atoms. The van der Waals surface area contributed by atoms with Crippen LogP contribution in [0.4, 0.5) is 4.39 Å². The number of aliphatic carboxylic acids is 1. The van der Waals surface area contributed by atoms with E-state index in [-0.39, 0.29) is 30.1 Å². The fourth-order valence-corrected chi connectivity index (χ4v) is 4.60. The van der Waals surface area contributed by atoms with Crippen LogP contribution in [0.2, 0.25) is 10.0 Å². The number of hydrogen-bond acceptors (Lipinski definition) is 3. The van der Waals surface area contributed by atoms with E-state index in [0.29, 0.717) is 40.9 Å². The van der Waals surface area contributed by atoms with E-state index in [1.54, 1.807) is 28.8 Å². The maximum atomic E-state index is 14.0. The number of halogens is 3. The molecule has 0 saturated heterocycles. The van der Waals surface area contributed by atoms with Gasteiger partial charge in [-0.1, -0.05) is 35.3 Å². The third-order valence-electron chi connectivity index (χ3n) is 5.33. The van der Waals surface area contributed by atoms with Crippen molar-refractivity contribution in [3.8, 4) is 5.75 Å². The molecular weight excluding hydrogens is 446 g/mol. The van der Waals surface area contributed by atoms with E-state index in [1.807, 2.05) is 0 Å². The molecule has 3 aromatic rings. The Labute approximate surface area is 187 Å². The molecule has 2 N–H and O–H groups in total. The van der Waals surface area contributed by atoms with Gasteiger partial charge in [-0.3, -0.25) is 9.59 Å². The molecule has 0 aliphatic heterocycles. The first kappa shape index (κ1) is 21.5. The number of aromatic nitrogens is 1. The smallest absolute Gasteiger partial charge is 0.323 e. The Morgan fingerprint density at radius 3 is 2.74 bits per heavy atom. The van der Waals surface area contributed by atoms with Gasteiger partial charge in [-0.25, -0.2) is 4.39 Å². The normalized spacial score (nSPS) is 15.5. The van der Waals surface area contributed by atoms with E-state index in [4.69, 9.17) is 27.9 Å². The SMILES string of the molecule is O=C(O)Cn1c2c(c3cc(F)cc(Cl)c31)CC(NC(=O)COc1ccccc1Cl)CC2. The lowest BCUT2D eigenvalue weighted by molar-refractivity contribution is -0.137. The molecule has 0 fully saturated rings. The van der Waals surface area contributed by atoms with Gasteiger partial charge in [-0.05, 0) is 49.1 Å². The zero-order chi connectivity index (χ0) is 22.1. The van der Waals surface area contributed by atoms with Crippen LogP contribution >= 0.6 is 23.2 Å². The molecular formula is C22H19Cl2FN2O4. The van der Waals surface area contributed by atoms with Crippen LogP contribution in [0.25, 0.3) is 10.9 Å². The number of fused-ring (bicyclic) bond motifs is 3. The molecule has 0 spiro atoms. The minimum Gasteiger partial charge on any atom is -0.482 e. The van der Waals surface area contributed by atoms with Crippen LogP contribution in [0.3, 0.4) is 0 Å². The lowest BCUT2D eigenvalue weighted by Gasteiger charge is -2.25. The second kappa shape index (κ2) is 8.77. The molecule has 1 aromatic heterocycles. The summed E-state index contributed by atoms with van der Waals surface area (Å²) >= 11 is 12.3. The highest BCUT2D eigenvalue weighted by molar-refractivity contribution is 6.35. The van der Waals surface area contributed by atoms with Crippen molar-refractivity contribution >= 4 is 46.0 Å². The summed E-state index contributed by atoms with van der Waals surface area (Å²) in [4.78, 5) is 23.8. The molecule has 0 saturated carbocycles. The van der Waals surface area contributed by atoms with Crippen LogP contribution < -0.4 is 10.1 Å². The molecule has 1 amide bonds. The standard InChI is InChI=1S/C22H19Cl2FN2O4/c23-16-3-1-2-4-19(16)31-11-20(28)26-13-5-6-18-14(9-13)15-7-12(25)8-17(24)22(15)27(18)10-21(29)30/h1-4,7-8,13H,5-6,9-11H2,(H,26,28)(H,29,30). The zero-order valence-electron chi connectivity index (χ0n) is 16.3. The maximum absolute atomic E-state index is 14.0. The minimum atomic E-state index is -1.01. The molecule has 0 bridgehead atoms. The number of carboxylic acid groups (broad SMARTS) is 1. The molecule has 162 valence electrons. The molecule has 1 aliphatic rings. The van der Waals surface area contributed by atoms with Crippen LogP contribution in [0.15, 0.2) is 36.4 Å². The van der Waals surface area contributed by atoms with Crippen molar-refractivity contribution in [3.05, 3.63) is 63.5 Å². The van der Waals surface area contributed by atoms with Crippen molar-refractivity contribution in [1.82, 2.24) is 9.88 Å². The topological polar surface area (TPSA) is 80.6 Å². The molecule has 1 atom stereocenters. The van der Waals surface area contributed by atoms with E-state index >= 15 is 0 Å². The van der Waals surface area contributed by atoms with Crippen molar-refractivity contribution < 1.29 is 23.8 Å². The monoisotopic (exact) mass is 464 g/mol. The van der Waals surface area contributed by atoms with Crippen molar-refractivity contribution in [2.45, 2.75) is 31.8 Å². The van der Waals surface area contributed by atoms with Gasteiger partial charge >= 0.3 is 5.97 Å². The molecule has 9 heteroatoms. The highest BCUT2D eigenvalue weighted by Crippen LogP contribution is 2.36. The largest absolute Gasteiger partial charge is 0.482 e. The Morgan fingerprint density at radius 2 is 2.00 bits per heavy atom. The number of amides is 1. The van der Waals surface area contributed by atoms with E-state index < -0.39 is 11.8 Å². The molecule has 1 unspecified atom stereocenters. The number of benzene rings is 2. The fraction of sp³-hybridized carbons (Fsp3) is 0.273. The lowest BCUT2D eigenvalue weighted by atomic mass is 9.91. The van der Waals surface area contributed by atoms with Crippen LogP contribution in [-0.2, 0) is 29.0 Å². The van der Waals surface area contributed by atoms with E-state index in [1.165, 1.54) is 12.1 Å². The maximum Gasteiger partial charge on any atom is 0.323 e. The van der Waals surface area contributed by atoms with E-state index in [2.05, 4.69) is 5.32 Å². The van der Waals surface area contributed by atoms with Crippen molar-refractivity contribution in [2.75, 3.05) is 6.61 Å². The summed E-state index contributed by atoms with van der Waals surface area (Å²) in [5.41, 5.74) is 2.12. The number of nitrogens with one attached hydrogen (secondary N) is 1. The first-order chi connectivity index (χ1) is 14.8. The van der Waals surface area contributed by atoms with Crippen molar-refractivity contribution in [1.29, 1.82) is 0 Å². The zero-order valence-corrected chi connectivity index (χ0v) is 17.8. The van der Waals surface area contributed by atoms with Crippen molar-refractivity contribution in [2.24, 2.45) is 0 Å². The van der Waals surface area contributed by atoms with Gasteiger partial charge in [0.15, 0.2) is 6.61 Å². The number of carbonyl (C=O) groups is 2. The first-order valence-electron chi connectivity index (χ1n) is 9.71. The first-order valence-corrected chi connectivity index (χ1v) is 10.5. The van der Waals surface area contributed by atoms with Crippen LogP contribution in [0.5, 0.6) is 5.75 Å². The Kier molecular flexibility index (Phi) is 6.07. The van der Waals surface area contributed by atoms with Crippen LogP contribution in [0, 0.1) is 5.82 Å². The van der Waals surface area contributed by atoms with E-state index in [9.17, 15) is 19.1 Å². The molecule has 2 aromatic carbocycles. The van der Waals surface area contributed by atoms with Gasteiger partial charge in [-0.2, -0.15) is 0 Å². The summed E-state index contributed by atoms with van der Waals surface area (Å²) in [6, 6.07) is 9.24. The minimum absolute atomic E-state index is 0.166. The summed E-state index contributed by atoms with van der Waals surface area (Å²) in [7, 11) is 0. The number of carbonyl (C=O) groups excluding carboxylic acids is 1. The van der Waals surface area contributed by atoms with Gasteiger partial charge in [0, 0.05) is 17.1 Å². The molecule has 0 radical (unpaired) electrons. The second-order valence-electron chi connectivity index (χ2n) is 7.42. The summed E-state index contributed by atoms with van der Waals surface area (Å²) in [6.07, 6.45) is 1.59. The number of hydrogen-bond donors (Lipinski definition) is 2. The third-order valence-corrected chi connectivity index (χ3v) is 5.93. The van der Waals surface area contributed by atoms with Gasteiger partial charge in [0.05, 0.1) is 15.6 Å².